The maximum Gasteiger partial charge on any atom is 0.102 e. The Kier molecular flexibility index (Phi) is 3.45. The van der Waals surface area contributed by atoms with Crippen LogP contribution in [0.25, 0.3) is 0 Å². The summed E-state index contributed by atoms with van der Waals surface area (Å²) in [7, 11) is 0. The molecule has 1 aromatic carbocycles. The molecule has 0 spiro atoms. The van der Waals surface area contributed by atoms with Crippen molar-refractivity contribution >= 4 is 0 Å². The summed E-state index contributed by atoms with van der Waals surface area (Å²) in [4.78, 5) is 0. The van der Waals surface area contributed by atoms with E-state index in [1.165, 1.54) is 22.3 Å². The van der Waals surface area contributed by atoms with Crippen molar-refractivity contribution in [1.29, 1.82) is 0 Å². The topological polar surface area (TPSA) is 56.7 Å². The molecular weight excluding hydrogens is 236 g/mol. The second kappa shape index (κ2) is 4.78. The average molecular weight is 258 g/mol. The molecule has 0 saturated heterocycles. The van der Waals surface area contributed by atoms with Crippen LogP contribution in [0, 0.1) is 20.8 Å². The van der Waals surface area contributed by atoms with Crippen molar-refractivity contribution in [3.05, 3.63) is 46.3 Å². The molecule has 0 atom stereocenters. The van der Waals surface area contributed by atoms with Gasteiger partial charge in [0.15, 0.2) is 0 Å². The number of benzene rings is 1. The van der Waals surface area contributed by atoms with Crippen LogP contribution < -0.4 is 5.73 Å². The van der Waals surface area contributed by atoms with Crippen molar-refractivity contribution in [2.45, 2.75) is 46.7 Å². The maximum atomic E-state index is 6.03. The Morgan fingerprint density at radius 1 is 1.16 bits per heavy atom. The minimum absolute atomic E-state index is 0.449. The number of rotatable bonds is 3. The van der Waals surface area contributed by atoms with Gasteiger partial charge in [-0.15, -0.1) is 5.10 Å². The van der Waals surface area contributed by atoms with Gasteiger partial charge in [0.25, 0.3) is 0 Å². The first-order valence-corrected chi connectivity index (χ1v) is 6.53. The van der Waals surface area contributed by atoms with E-state index in [1.807, 2.05) is 24.7 Å². The first kappa shape index (κ1) is 13.7. The van der Waals surface area contributed by atoms with Gasteiger partial charge in [0.2, 0.25) is 0 Å². The standard InChI is InChI=1S/C15H22N4/c1-10-6-11(2)13(12(3)7-10)8-19-9-14(17-18-19)15(4,5)16/h6-7,9H,8,16H2,1-5H3. The van der Waals surface area contributed by atoms with Gasteiger partial charge in [0.1, 0.15) is 5.69 Å². The lowest BCUT2D eigenvalue weighted by atomic mass is 10.00. The molecule has 0 bridgehead atoms. The highest BCUT2D eigenvalue weighted by molar-refractivity contribution is 5.37. The molecule has 4 heteroatoms. The van der Waals surface area contributed by atoms with Crippen LogP contribution in [0.3, 0.4) is 0 Å². The molecule has 102 valence electrons. The number of aromatic nitrogens is 3. The van der Waals surface area contributed by atoms with Gasteiger partial charge >= 0.3 is 0 Å². The van der Waals surface area contributed by atoms with E-state index in [9.17, 15) is 0 Å². The molecule has 0 unspecified atom stereocenters. The molecule has 2 rings (SSSR count). The highest BCUT2D eigenvalue weighted by Gasteiger charge is 2.18. The van der Waals surface area contributed by atoms with Gasteiger partial charge in [-0.05, 0) is 51.3 Å². The first-order chi connectivity index (χ1) is 8.77. The Labute approximate surface area is 114 Å². The van der Waals surface area contributed by atoms with Gasteiger partial charge in [-0.1, -0.05) is 22.9 Å². The summed E-state index contributed by atoms with van der Waals surface area (Å²) in [5.41, 5.74) is 11.6. The molecule has 0 aliphatic heterocycles. The van der Waals surface area contributed by atoms with Gasteiger partial charge in [-0.25, -0.2) is 4.68 Å². The second-order valence-electron chi connectivity index (χ2n) is 5.90. The minimum atomic E-state index is -0.449. The van der Waals surface area contributed by atoms with Crippen LogP contribution in [0.5, 0.6) is 0 Å². The zero-order chi connectivity index (χ0) is 14.2. The minimum Gasteiger partial charge on any atom is -0.320 e. The van der Waals surface area contributed by atoms with Crippen molar-refractivity contribution in [1.82, 2.24) is 15.0 Å². The molecule has 4 nitrogen and oxygen atoms in total. The maximum absolute atomic E-state index is 6.03. The van der Waals surface area contributed by atoms with Crippen molar-refractivity contribution in [2.75, 3.05) is 0 Å². The normalized spacial score (nSPS) is 11.9. The van der Waals surface area contributed by atoms with Crippen molar-refractivity contribution in [3.8, 4) is 0 Å². The number of nitrogens with two attached hydrogens (primary N) is 1. The smallest absolute Gasteiger partial charge is 0.102 e. The summed E-state index contributed by atoms with van der Waals surface area (Å²) in [6.45, 7) is 11.0. The van der Waals surface area contributed by atoms with E-state index in [0.717, 1.165) is 12.2 Å². The fraction of sp³-hybridized carbons (Fsp3) is 0.467. The van der Waals surface area contributed by atoms with Gasteiger partial charge in [-0.3, -0.25) is 0 Å². The lowest BCUT2D eigenvalue weighted by Crippen LogP contribution is -2.29. The van der Waals surface area contributed by atoms with E-state index in [1.54, 1.807) is 0 Å². The molecule has 0 amide bonds. The van der Waals surface area contributed by atoms with Crippen molar-refractivity contribution in [3.63, 3.8) is 0 Å². The summed E-state index contributed by atoms with van der Waals surface area (Å²) in [5, 5.41) is 8.32. The van der Waals surface area contributed by atoms with Crippen LogP contribution in [-0.4, -0.2) is 15.0 Å². The van der Waals surface area contributed by atoms with Gasteiger partial charge in [-0.2, -0.15) is 0 Å². The largest absolute Gasteiger partial charge is 0.320 e. The second-order valence-corrected chi connectivity index (χ2v) is 5.90. The Balaban J connectivity index is 2.30. The lowest BCUT2D eigenvalue weighted by Gasteiger charge is -2.14. The molecule has 2 aromatic rings. The zero-order valence-corrected chi connectivity index (χ0v) is 12.4. The molecule has 19 heavy (non-hydrogen) atoms. The molecule has 0 aliphatic rings. The highest BCUT2D eigenvalue weighted by atomic mass is 15.4. The SMILES string of the molecule is Cc1cc(C)c(Cn2cc(C(C)(C)N)nn2)c(C)c1. The predicted octanol–water partition coefficient (Wildman–Crippen LogP) is 2.45. The van der Waals surface area contributed by atoms with Crippen LogP contribution in [0.4, 0.5) is 0 Å². The molecule has 0 saturated carbocycles. The van der Waals surface area contributed by atoms with E-state index in [2.05, 4.69) is 43.2 Å². The molecule has 0 aliphatic carbocycles. The summed E-state index contributed by atoms with van der Waals surface area (Å²) in [6.07, 6.45) is 1.93. The molecule has 1 aromatic heterocycles. The molecule has 1 heterocycles. The summed E-state index contributed by atoms with van der Waals surface area (Å²) < 4.78 is 1.86. The Bertz CT molecular complexity index is 567. The third-order valence-corrected chi connectivity index (χ3v) is 3.36. The Morgan fingerprint density at radius 2 is 1.74 bits per heavy atom. The van der Waals surface area contributed by atoms with E-state index >= 15 is 0 Å². The third kappa shape index (κ3) is 3.01. The lowest BCUT2D eigenvalue weighted by molar-refractivity contribution is 0.533. The van der Waals surface area contributed by atoms with Crippen LogP contribution in [-0.2, 0) is 12.1 Å². The van der Waals surface area contributed by atoms with Gasteiger partial charge < -0.3 is 5.73 Å². The zero-order valence-electron chi connectivity index (χ0n) is 12.4. The quantitative estimate of drug-likeness (QED) is 0.920. The van der Waals surface area contributed by atoms with Gasteiger partial charge in [0, 0.05) is 0 Å². The van der Waals surface area contributed by atoms with Crippen LogP contribution in [0.2, 0.25) is 0 Å². The fourth-order valence-corrected chi connectivity index (χ4v) is 2.29. The van der Waals surface area contributed by atoms with E-state index in [0.29, 0.717) is 0 Å². The molecule has 0 fully saturated rings. The summed E-state index contributed by atoms with van der Waals surface area (Å²) in [6, 6.07) is 4.40. The van der Waals surface area contributed by atoms with Crippen LogP contribution in [0.1, 0.15) is 41.8 Å². The monoisotopic (exact) mass is 258 g/mol. The summed E-state index contributed by atoms with van der Waals surface area (Å²) >= 11 is 0. The predicted molar refractivity (Wildman–Crippen MR) is 77.0 cm³/mol. The molecule has 2 N–H and O–H groups in total. The van der Waals surface area contributed by atoms with E-state index < -0.39 is 5.54 Å². The number of hydrogen-bond donors (Lipinski definition) is 1. The average Bonchev–Trinajstić information content (AvgIpc) is 2.71. The fourth-order valence-electron chi connectivity index (χ4n) is 2.29. The van der Waals surface area contributed by atoms with Crippen molar-refractivity contribution < 1.29 is 0 Å². The Morgan fingerprint density at radius 3 is 2.21 bits per heavy atom. The number of hydrogen-bond acceptors (Lipinski definition) is 3. The third-order valence-electron chi connectivity index (χ3n) is 3.36. The van der Waals surface area contributed by atoms with Crippen molar-refractivity contribution in [2.24, 2.45) is 5.73 Å². The molecular formula is C15H22N4. The first-order valence-electron chi connectivity index (χ1n) is 6.53. The number of nitrogens with zero attached hydrogens (tertiary/aromatic N) is 3. The van der Waals surface area contributed by atoms with Gasteiger partial charge in [0.05, 0.1) is 18.3 Å². The van der Waals surface area contributed by atoms with Crippen LogP contribution in [0.15, 0.2) is 18.3 Å². The van der Waals surface area contributed by atoms with E-state index in [4.69, 9.17) is 5.73 Å². The molecule has 0 radical (unpaired) electrons. The van der Waals surface area contributed by atoms with Crippen LogP contribution >= 0.6 is 0 Å². The van der Waals surface area contributed by atoms with E-state index in [-0.39, 0.29) is 0 Å². The number of aryl methyl sites for hydroxylation is 3. The summed E-state index contributed by atoms with van der Waals surface area (Å²) in [5.74, 6) is 0. The highest BCUT2D eigenvalue weighted by Crippen LogP contribution is 2.18. The Hall–Kier alpha value is -1.68.